The maximum Gasteiger partial charge on any atom is 0.339 e. The number of aromatic nitrogens is 1. The Morgan fingerprint density at radius 1 is 1.32 bits per heavy atom. The average Bonchev–Trinajstić information content (AvgIpc) is 2.91. The molecular weight excluding hydrogens is 320 g/mol. The van der Waals surface area contributed by atoms with E-state index in [1.807, 2.05) is 41.8 Å². The van der Waals surface area contributed by atoms with Gasteiger partial charge in [-0.1, -0.05) is 30.3 Å². The Kier molecular flexibility index (Phi) is 6.14. The molecule has 0 aliphatic carbocycles. The van der Waals surface area contributed by atoms with Gasteiger partial charge in [-0.15, -0.1) is 0 Å². The van der Waals surface area contributed by atoms with Gasteiger partial charge in [-0.25, -0.2) is 4.79 Å². The molecule has 25 heavy (non-hydrogen) atoms. The van der Waals surface area contributed by atoms with E-state index in [1.54, 1.807) is 13.0 Å². The Morgan fingerprint density at radius 3 is 2.68 bits per heavy atom. The predicted molar refractivity (Wildman–Crippen MR) is 93.9 cm³/mol. The highest BCUT2D eigenvalue weighted by Gasteiger charge is 2.17. The molecule has 2 rings (SSSR count). The topological polar surface area (TPSA) is 97.1 Å². The molecule has 0 unspecified atom stereocenters. The van der Waals surface area contributed by atoms with E-state index in [2.05, 4.69) is 10.0 Å². The van der Waals surface area contributed by atoms with Crippen LogP contribution < -0.4 is 0 Å². The molecule has 0 aliphatic heterocycles. The summed E-state index contributed by atoms with van der Waals surface area (Å²) in [6.07, 6.45) is 2.70. The van der Waals surface area contributed by atoms with Crippen LogP contribution in [0.2, 0.25) is 0 Å². The zero-order chi connectivity index (χ0) is 18.2. The van der Waals surface area contributed by atoms with Crippen LogP contribution in [0.3, 0.4) is 0 Å². The van der Waals surface area contributed by atoms with E-state index >= 15 is 0 Å². The molecule has 1 heterocycles. The van der Waals surface area contributed by atoms with E-state index in [0.717, 1.165) is 11.3 Å². The summed E-state index contributed by atoms with van der Waals surface area (Å²) in [6.45, 7) is 4.37. The summed E-state index contributed by atoms with van der Waals surface area (Å²) in [7, 11) is 0. The summed E-state index contributed by atoms with van der Waals surface area (Å²) < 4.78 is 6.99. The number of rotatable bonds is 6. The first-order valence-electron chi connectivity index (χ1n) is 7.75. The Morgan fingerprint density at radius 2 is 2.04 bits per heavy atom. The van der Waals surface area contributed by atoms with Crippen LogP contribution in [0.15, 0.2) is 47.6 Å². The zero-order valence-electron chi connectivity index (χ0n) is 14.0. The lowest BCUT2D eigenvalue weighted by atomic mass is 10.2. The smallest absolute Gasteiger partial charge is 0.339 e. The van der Waals surface area contributed by atoms with Crippen molar-refractivity contribution in [2.75, 3.05) is 6.61 Å². The predicted octanol–water partition coefficient (Wildman–Crippen LogP) is 3.87. The van der Waals surface area contributed by atoms with Gasteiger partial charge in [0.2, 0.25) is 5.91 Å². The molecule has 0 saturated heterocycles. The van der Waals surface area contributed by atoms with Gasteiger partial charge in [0.15, 0.2) is 0 Å². The molecule has 2 aromatic rings. The molecule has 0 atom stereocenters. The first-order valence-corrected chi connectivity index (χ1v) is 7.75. The number of nitrogens with zero attached hydrogens (tertiary/aromatic N) is 4. The van der Waals surface area contributed by atoms with Gasteiger partial charge in [0.25, 0.3) is 0 Å². The van der Waals surface area contributed by atoms with Gasteiger partial charge in [0, 0.05) is 22.8 Å². The number of esters is 1. The molecule has 0 spiro atoms. The van der Waals surface area contributed by atoms with Crippen molar-refractivity contribution >= 4 is 18.0 Å². The van der Waals surface area contributed by atoms with Crippen molar-refractivity contribution in [2.24, 2.45) is 5.11 Å². The van der Waals surface area contributed by atoms with Crippen LogP contribution in [0.25, 0.3) is 16.5 Å². The number of carbonyl (C=O) groups is 2. The molecular formula is C18H18N4O3. The van der Waals surface area contributed by atoms with Crippen molar-refractivity contribution in [2.45, 2.75) is 20.4 Å². The maximum absolute atomic E-state index is 12.1. The third-order valence-electron chi connectivity index (χ3n) is 3.62. The molecule has 0 aliphatic rings. The second-order valence-electron chi connectivity index (χ2n) is 5.22. The minimum atomic E-state index is -0.703. The molecule has 0 radical (unpaired) electrons. The van der Waals surface area contributed by atoms with Crippen LogP contribution in [-0.4, -0.2) is 23.1 Å². The van der Waals surface area contributed by atoms with Gasteiger partial charge in [-0.3, -0.25) is 4.79 Å². The molecule has 0 N–H and O–H groups in total. The second kappa shape index (κ2) is 8.52. The van der Waals surface area contributed by atoms with E-state index in [4.69, 9.17) is 10.3 Å². The molecule has 7 nitrogen and oxygen atoms in total. The van der Waals surface area contributed by atoms with E-state index < -0.39 is 11.9 Å². The van der Waals surface area contributed by atoms with Gasteiger partial charge in [-0.2, -0.15) is 0 Å². The fourth-order valence-corrected chi connectivity index (χ4v) is 2.43. The maximum atomic E-state index is 12.1. The van der Waals surface area contributed by atoms with Crippen molar-refractivity contribution < 1.29 is 14.3 Å². The molecule has 0 bridgehead atoms. The fraction of sp³-hybridized carbons (Fsp3) is 0.222. The molecule has 1 aromatic carbocycles. The van der Waals surface area contributed by atoms with Crippen LogP contribution in [0.1, 0.15) is 34.2 Å². The van der Waals surface area contributed by atoms with E-state index in [-0.39, 0.29) is 6.61 Å². The summed E-state index contributed by atoms with van der Waals surface area (Å²) >= 11 is 0. The summed E-state index contributed by atoms with van der Waals surface area (Å²) in [6, 6.07) is 11.4. The SMILES string of the molecule is CCOC(=O)c1cc(/C=C/C(=O)N=[N+]=[N-])n(Cc2ccccc2)c1C. The number of hydrogen-bond acceptors (Lipinski definition) is 3. The third-order valence-corrected chi connectivity index (χ3v) is 3.62. The lowest BCUT2D eigenvalue weighted by molar-refractivity contribution is -0.113. The molecule has 128 valence electrons. The second-order valence-corrected chi connectivity index (χ2v) is 5.22. The number of hydrogen-bond donors (Lipinski definition) is 0. The van der Waals surface area contributed by atoms with Crippen molar-refractivity contribution in [1.82, 2.24) is 4.57 Å². The van der Waals surface area contributed by atoms with Gasteiger partial charge >= 0.3 is 5.97 Å². The molecule has 1 aromatic heterocycles. The number of carbonyl (C=O) groups excluding carboxylic acids is 2. The molecule has 1 amide bonds. The lowest BCUT2D eigenvalue weighted by Crippen LogP contribution is -2.08. The highest BCUT2D eigenvalue weighted by molar-refractivity contribution is 5.94. The Balaban J connectivity index is 2.44. The zero-order valence-corrected chi connectivity index (χ0v) is 14.0. The summed E-state index contributed by atoms with van der Waals surface area (Å²) in [5.74, 6) is -1.12. The van der Waals surface area contributed by atoms with Gasteiger partial charge < -0.3 is 9.30 Å². The van der Waals surface area contributed by atoms with Crippen molar-refractivity contribution in [3.8, 4) is 0 Å². The van der Waals surface area contributed by atoms with Crippen molar-refractivity contribution in [1.29, 1.82) is 0 Å². The quantitative estimate of drug-likeness (QED) is 0.263. The van der Waals surface area contributed by atoms with Gasteiger partial charge in [0.1, 0.15) is 0 Å². The Hall–Kier alpha value is -3.31. The molecule has 0 fully saturated rings. The first-order chi connectivity index (χ1) is 12.1. The van der Waals surface area contributed by atoms with Crippen molar-refractivity contribution in [3.63, 3.8) is 0 Å². The average molecular weight is 338 g/mol. The molecule has 7 heteroatoms. The van der Waals surface area contributed by atoms with Crippen LogP contribution in [0.4, 0.5) is 0 Å². The van der Waals surface area contributed by atoms with Crippen molar-refractivity contribution in [3.05, 3.63) is 75.4 Å². The Bertz CT molecular complexity index is 847. The minimum Gasteiger partial charge on any atom is -0.462 e. The fourth-order valence-electron chi connectivity index (χ4n) is 2.43. The number of ether oxygens (including phenoxy) is 1. The van der Waals surface area contributed by atoms with Gasteiger partial charge in [-0.05, 0) is 48.3 Å². The number of azide groups is 1. The van der Waals surface area contributed by atoms with E-state index in [0.29, 0.717) is 17.8 Å². The number of benzene rings is 1. The summed E-state index contributed by atoms with van der Waals surface area (Å²) in [4.78, 5) is 26.0. The lowest BCUT2D eigenvalue weighted by Gasteiger charge is -2.10. The third kappa shape index (κ3) is 4.59. The summed E-state index contributed by atoms with van der Waals surface area (Å²) in [5.41, 5.74) is 11.2. The highest BCUT2D eigenvalue weighted by atomic mass is 16.5. The van der Waals surface area contributed by atoms with Crippen LogP contribution in [0.5, 0.6) is 0 Å². The van der Waals surface area contributed by atoms with Gasteiger partial charge in [0.05, 0.1) is 12.2 Å². The van der Waals surface area contributed by atoms with Crippen LogP contribution >= 0.6 is 0 Å². The van der Waals surface area contributed by atoms with E-state index in [9.17, 15) is 9.59 Å². The standard InChI is InChI=1S/C18H18N4O3/c1-3-25-18(24)16-11-15(9-10-17(23)20-21-19)22(13(16)2)12-14-7-5-4-6-8-14/h4-11H,3,12H2,1-2H3/b10-9+. The minimum absolute atomic E-state index is 0.280. The van der Waals surface area contributed by atoms with Crippen LogP contribution in [-0.2, 0) is 16.1 Å². The molecule has 0 saturated carbocycles. The number of amides is 1. The largest absolute Gasteiger partial charge is 0.462 e. The monoisotopic (exact) mass is 338 g/mol. The normalized spacial score (nSPS) is 10.5. The van der Waals surface area contributed by atoms with Crippen LogP contribution in [0, 0.1) is 6.92 Å². The highest BCUT2D eigenvalue weighted by Crippen LogP contribution is 2.20. The summed E-state index contributed by atoms with van der Waals surface area (Å²) in [5, 5.41) is 3.00. The van der Waals surface area contributed by atoms with E-state index in [1.165, 1.54) is 12.2 Å². The Labute approximate surface area is 145 Å². The first kappa shape index (κ1) is 18.0.